The summed E-state index contributed by atoms with van der Waals surface area (Å²) in [6.07, 6.45) is 3.80. The molecule has 0 bridgehead atoms. The molecular weight excluding hydrogens is 262 g/mol. The molecule has 0 aliphatic rings. The summed E-state index contributed by atoms with van der Waals surface area (Å²) in [6.45, 7) is 12.9. The summed E-state index contributed by atoms with van der Waals surface area (Å²) < 4.78 is 5.90. The average molecular weight is 289 g/mol. The fraction of sp³-hybridized carbons (Fsp3) is 0.647. The number of rotatable bonds is 6. The van der Waals surface area contributed by atoms with Crippen LogP contribution in [0.25, 0.3) is 0 Å². The van der Waals surface area contributed by atoms with Crippen molar-refractivity contribution in [2.45, 2.75) is 71.6 Å². The summed E-state index contributed by atoms with van der Waals surface area (Å²) in [7, 11) is 0. The van der Waals surface area contributed by atoms with Gasteiger partial charge in [0.15, 0.2) is 5.89 Å². The van der Waals surface area contributed by atoms with Gasteiger partial charge >= 0.3 is 0 Å². The molecule has 4 heteroatoms. The molecule has 0 amide bonds. The lowest BCUT2D eigenvalue weighted by Gasteiger charge is -2.20. The molecule has 0 aromatic carbocycles. The predicted molar refractivity (Wildman–Crippen MR) is 84.6 cm³/mol. The molecule has 4 nitrogen and oxygen atoms in total. The summed E-state index contributed by atoms with van der Waals surface area (Å²) in [5.74, 6) is 2.60. The molecule has 0 aliphatic heterocycles. The van der Waals surface area contributed by atoms with Crippen molar-refractivity contribution >= 4 is 0 Å². The first-order valence-electron chi connectivity index (χ1n) is 7.80. The molecule has 21 heavy (non-hydrogen) atoms. The Morgan fingerprint density at radius 1 is 1.19 bits per heavy atom. The van der Waals surface area contributed by atoms with Crippen LogP contribution in [-0.2, 0) is 11.8 Å². The van der Waals surface area contributed by atoms with Gasteiger partial charge in [0.2, 0.25) is 0 Å². The highest BCUT2D eigenvalue weighted by Gasteiger charge is 2.26. The van der Waals surface area contributed by atoms with E-state index in [-0.39, 0.29) is 5.41 Å². The van der Waals surface area contributed by atoms with E-state index < -0.39 is 0 Å². The van der Waals surface area contributed by atoms with Crippen LogP contribution in [0.3, 0.4) is 0 Å². The maximum Gasteiger partial charge on any atom is 0.196 e. The maximum atomic E-state index is 5.90. The molecular formula is C17H27N3O. The first kappa shape index (κ1) is 15.8. The summed E-state index contributed by atoms with van der Waals surface area (Å²) in [5, 5.41) is 7.51. The molecule has 116 valence electrons. The van der Waals surface area contributed by atoms with Crippen LogP contribution in [0.2, 0.25) is 0 Å². The predicted octanol–water partition coefficient (Wildman–Crippen LogP) is 4.55. The van der Waals surface area contributed by atoms with Crippen molar-refractivity contribution in [1.82, 2.24) is 15.2 Å². The first-order chi connectivity index (χ1) is 9.79. The molecule has 2 aromatic rings. The Hall–Kier alpha value is -1.58. The zero-order chi connectivity index (χ0) is 15.6. The van der Waals surface area contributed by atoms with Gasteiger partial charge in [-0.1, -0.05) is 41.5 Å². The number of H-pyrrole nitrogens is 1. The number of aromatic amines is 1. The van der Waals surface area contributed by atoms with Crippen LogP contribution >= 0.6 is 0 Å². The van der Waals surface area contributed by atoms with Crippen LogP contribution in [0.15, 0.2) is 16.7 Å². The molecule has 0 atom stereocenters. The lowest BCUT2D eigenvalue weighted by atomic mass is 9.85. The van der Waals surface area contributed by atoms with Crippen molar-refractivity contribution in [1.29, 1.82) is 0 Å². The van der Waals surface area contributed by atoms with Gasteiger partial charge in [-0.25, -0.2) is 4.98 Å². The smallest absolute Gasteiger partial charge is 0.196 e. The molecule has 1 N–H and O–H groups in total. The molecule has 2 aromatic heterocycles. The van der Waals surface area contributed by atoms with E-state index in [1.54, 1.807) is 0 Å². The van der Waals surface area contributed by atoms with Crippen LogP contribution in [0.1, 0.15) is 82.8 Å². The van der Waals surface area contributed by atoms with Gasteiger partial charge in [0.05, 0.1) is 11.9 Å². The number of nitrogens with zero attached hydrogens (tertiary/aromatic N) is 2. The van der Waals surface area contributed by atoms with Gasteiger partial charge in [-0.3, -0.25) is 5.10 Å². The van der Waals surface area contributed by atoms with Gasteiger partial charge in [-0.05, 0) is 24.8 Å². The van der Waals surface area contributed by atoms with Gasteiger partial charge in [-0.15, -0.1) is 0 Å². The van der Waals surface area contributed by atoms with Crippen molar-refractivity contribution in [3.63, 3.8) is 0 Å². The summed E-state index contributed by atoms with van der Waals surface area (Å²) >= 11 is 0. The van der Waals surface area contributed by atoms with E-state index in [1.165, 1.54) is 5.69 Å². The molecule has 0 spiro atoms. The monoisotopic (exact) mass is 289 g/mol. The van der Waals surface area contributed by atoms with Gasteiger partial charge in [-0.2, -0.15) is 5.10 Å². The van der Waals surface area contributed by atoms with Crippen LogP contribution in [-0.4, -0.2) is 15.2 Å². The van der Waals surface area contributed by atoms with E-state index in [0.717, 1.165) is 30.2 Å². The van der Waals surface area contributed by atoms with E-state index in [1.807, 2.05) is 6.20 Å². The first-order valence-corrected chi connectivity index (χ1v) is 7.80. The molecule has 0 unspecified atom stereocenters. The fourth-order valence-electron chi connectivity index (χ4n) is 2.24. The Kier molecular flexibility index (Phi) is 4.55. The second kappa shape index (κ2) is 6.04. The second-order valence-corrected chi connectivity index (χ2v) is 7.07. The van der Waals surface area contributed by atoms with Crippen molar-refractivity contribution in [2.75, 3.05) is 0 Å². The van der Waals surface area contributed by atoms with Crippen LogP contribution in [0.4, 0.5) is 0 Å². The lowest BCUT2D eigenvalue weighted by Crippen LogP contribution is -2.17. The Morgan fingerprint density at radius 3 is 2.43 bits per heavy atom. The number of aromatic nitrogens is 3. The van der Waals surface area contributed by atoms with Crippen molar-refractivity contribution in [3.8, 4) is 0 Å². The van der Waals surface area contributed by atoms with Gasteiger partial charge < -0.3 is 4.42 Å². The van der Waals surface area contributed by atoms with Gasteiger partial charge in [0.25, 0.3) is 0 Å². The van der Waals surface area contributed by atoms with Crippen molar-refractivity contribution < 1.29 is 4.42 Å². The quantitative estimate of drug-likeness (QED) is 0.848. The number of aryl methyl sites for hydroxylation is 1. The number of hydrogen-bond acceptors (Lipinski definition) is 3. The zero-order valence-corrected chi connectivity index (χ0v) is 14.0. The van der Waals surface area contributed by atoms with Crippen molar-refractivity contribution in [2.24, 2.45) is 0 Å². The van der Waals surface area contributed by atoms with Crippen LogP contribution < -0.4 is 0 Å². The minimum atomic E-state index is -0.0307. The molecule has 0 radical (unpaired) electrons. The Morgan fingerprint density at radius 2 is 1.90 bits per heavy atom. The fourth-order valence-corrected chi connectivity index (χ4v) is 2.24. The molecule has 2 rings (SSSR count). The summed E-state index contributed by atoms with van der Waals surface area (Å²) in [6, 6.07) is 2.17. The van der Waals surface area contributed by atoms with E-state index >= 15 is 0 Å². The van der Waals surface area contributed by atoms with E-state index in [2.05, 4.69) is 62.8 Å². The Balaban J connectivity index is 2.02. The van der Waals surface area contributed by atoms with Crippen molar-refractivity contribution in [3.05, 3.63) is 35.3 Å². The normalized spacial score (nSPS) is 12.6. The van der Waals surface area contributed by atoms with E-state index in [4.69, 9.17) is 4.42 Å². The molecule has 0 saturated carbocycles. The van der Waals surface area contributed by atoms with Gasteiger partial charge in [0.1, 0.15) is 5.76 Å². The van der Waals surface area contributed by atoms with Crippen LogP contribution in [0.5, 0.6) is 0 Å². The summed E-state index contributed by atoms with van der Waals surface area (Å²) in [4.78, 5) is 4.38. The number of hydrogen-bond donors (Lipinski definition) is 1. The highest BCUT2D eigenvalue weighted by molar-refractivity contribution is 5.14. The van der Waals surface area contributed by atoms with E-state index in [0.29, 0.717) is 11.8 Å². The SMILES string of the molecule is CC(C)c1cc(CCC(C)(C)c2cnc(C(C)C)o2)n[nH]1. The maximum absolute atomic E-state index is 5.90. The third-order valence-electron chi connectivity index (χ3n) is 3.96. The Labute approximate surface area is 127 Å². The van der Waals surface area contributed by atoms with Crippen LogP contribution in [0, 0.1) is 0 Å². The molecule has 0 aliphatic carbocycles. The number of oxazole rings is 1. The third-order valence-corrected chi connectivity index (χ3v) is 3.96. The largest absolute Gasteiger partial charge is 0.445 e. The minimum absolute atomic E-state index is 0.0307. The summed E-state index contributed by atoms with van der Waals surface area (Å²) in [5.41, 5.74) is 2.29. The minimum Gasteiger partial charge on any atom is -0.445 e. The number of nitrogens with one attached hydrogen (secondary N) is 1. The third kappa shape index (κ3) is 3.74. The van der Waals surface area contributed by atoms with Gasteiger partial charge in [0, 0.05) is 17.0 Å². The molecule has 2 heterocycles. The molecule has 0 saturated heterocycles. The molecule has 0 fully saturated rings. The standard InChI is InChI=1S/C17H27N3O/c1-11(2)14-9-13(19-20-14)7-8-17(5,6)15-10-18-16(21-15)12(3)4/h9-12H,7-8H2,1-6H3,(H,19,20). The lowest BCUT2D eigenvalue weighted by molar-refractivity contribution is 0.339. The van der Waals surface area contributed by atoms with E-state index in [9.17, 15) is 0 Å². The average Bonchev–Trinajstić information content (AvgIpc) is 3.06. The Bertz CT molecular complexity index is 578. The second-order valence-electron chi connectivity index (χ2n) is 7.07. The highest BCUT2D eigenvalue weighted by atomic mass is 16.4. The highest BCUT2D eigenvalue weighted by Crippen LogP contribution is 2.30. The zero-order valence-electron chi connectivity index (χ0n) is 14.0. The topological polar surface area (TPSA) is 54.7 Å².